The van der Waals surface area contributed by atoms with E-state index in [-0.39, 0.29) is 6.42 Å². The highest BCUT2D eigenvalue weighted by Gasteiger charge is 2.06. The van der Waals surface area contributed by atoms with Crippen LogP contribution in [0.3, 0.4) is 0 Å². The smallest absolute Gasteiger partial charge is 0.304 e. The fourth-order valence-corrected chi connectivity index (χ4v) is 2.01. The van der Waals surface area contributed by atoms with Crippen molar-refractivity contribution in [1.29, 1.82) is 0 Å². The summed E-state index contributed by atoms with van der Waals surface area (Å²) in [6, 6.07) is 6.19. The molecule has 0 spiro atoms. The van der Waals surface area contributed by atoms with E-state index in [9.17, 15) is 4.79 Å². The average Bonchev–Trinajstić information content (AvgIpc) is 2.41. The summed E-state index contributed by atoms with van der Waals surface area (Å²) in [7, 11) is 0. The van der Waals surface area contributed by atoms with Crippen LogP contribution in [0.4, 0.5) is 0 Å². The van der Waals surface area contributed by atoms with E-state index in [2.05, 4.69) is 30.0 Å². The van der Waals surface area contributed by atoms with Gasteiger partial charge in [0.15, 0.2) is 0 Å². The second-order valence-electron chi connectivity index (χ2n) is 5.05. The number of hydrogen-bond acceptors (Lipinski definition) is 3. The molecule has 0 aliphatic carbocycles. The Morgan fingerprint density at radius 1 is 1.30 bits per heavy atom. The van der Waals surface area contributed by atoms with E-state index in [1.807, 2.05) is 13.8 Å². The first kappa shape index (κ1) is 16.5. The minimum absolute atomic E-state index is 0.200. The Morgan fingerprint density at radius 2 is 2.05 bits per heavy atom. The molecule has 1 aromatic rings. The molecule has 0 radical (unpaired) electrons. The van der Waals surface area contributed by atoms with Crippen LogP contribution in [0.25, 0.3) is 0 Å². The quantitative estimate of drug-likeness (QED) is 0.706. The molecule has 1 N–H and O–H groups in total. The summed E-state index contributed by atoms with van der Waals surface area (Å²) >= 11 is 0. The molecule has 112 valence electrons. The van der Waals surface area contributed by atoms with E-state index in [1.54, 1.807) is 0 Å². The van der Waals surface area contributed by atoms with Gasteiger partial charge in [-0.2, -0.15) is 0 Å². The zero-order valence-corrected chi connectivity index (χ0v) is 12.7. The number of carbonyl (C=O) groups is 1. The predicted octanol–water partition coefficient (Wildman–Crippen LogP) is 2.87. The molecule has 0 aliphatic rings. The van der Waals surface area contributed by atoms with Gasteiger partial charge in [-0.25, -0.2) is 0 Å². The largest absolute Gasteiger partial charge is 0.493 e. The number of aryl methyl sites for hydroxylation is 2. The highest BCUT2D eigenvalue weighted by Crippen LogP contribution is 2.19. The summed E-state index contributed by atoms with van der Waals surface area (Å²) in [5.74, 6) is 0.202. The minimum Gasteiger partial charge on any atom is -0.493 e. The second-order valence-corrected chi connectivity index (χ2v) is 5.05. The van der Waals surface area contributed by atoms with Crippen molar-refractivity contribution in [1.82, 2.24) is 4.90 Å². The van der Waals surface area contributed by atoms with Crippen LogP contribution in [0.15, 0.2) is 18.2 Å². The number of nitrogens with zero attached hydrogens (tertiary/aromatic N) is 1. The van der Waals surface area contributed by atoms with E-state index in [4.69, 9.17) is 9.84 Å². The Hall–Kier alpha value is -1.55. The molecule has 0 amide bonds. The molecule has 0 atom stereocenters. The van der Waals surface area contributed by atoms with Crippen LogP contribution in [0, 0.1) is 13.8 Å². The molecule has 0 saturated carbocycles. The van der Waals surface area contributed by atoms with Gasteiger partial charge in [-0.15, -0.1) is 0 Å². The third kappa shape index (κ3) is 6.06. The Labute approximate surface area is 121 Å². The molecule has 0 saturated heterocycles. The summed E-state index contributed by atoms with van der Waals surface area (Å²) < 4.78 is 5.80. The van der Waals surface area contributed by atoms with Gasteiger partial charge in [-0.1, -0.05) is 19.1 Å². The molecule has 4 nitrogen and oxygen atoms in total. The van der Waals surface area contributed by atoms with E-state index in [0.29, 0.717) is 13.2 Å². The molecule has 0 heterocycles. The van der Waals surface area contributed by atoms with Crippen LogP contribution in [-0.2, 0) is 4.79 Å². The number of hydrogen-bond donors (Lipinski definition) is 1. The van der Waals surface area contributed by atoms with Gasteiger partial charge >= 0.3 is 5.97 Å². The van der Waals surface area contributed by atoms with Gasteiger partial charge in [-0.3, -0.25) is 4.79 Å². The van der Waals surface area contributed by atoms with Crippen LogP contribution < -0.4 is 4.74 Å². The first-order valence-corrected chi connectivity index (χ1v) is 7.17. The third-order valence-electron chi connectivity index (χ3n) is 3.31. The van der Waals surface area contributed by atoms with E-state index < -0.39 is 5.97 Å². The van der Waals surface area contributed by atoms with Crippen LogP contribution >= 0.6 is 0 Å². The number of ether oxygens (including phenoxy) is 1. The number of aliphatic carboxylic acids is 1. The minimum atomic E-state index is -0.741. The lowest BCUT2D eigenvalue weighted by atomic mass is 10.1. The average molecular weight is 279 g/mol. The fraction of sp³-hybridized carbons (Fsp3) is 0.562. The maximum absolute atomic E-state index is 10.6. The molecule has 1 rings (SSSR count). The van der Waals surface area contributed by atoms with Crippen molar-refractivity contribution >= 4 is 5.97 Å². The lowest BCUT2D eigenvalue weighted by Gasteiger charge is -2.19. The molecule has 20 heavy (non-hydrogen) atoms. The summed E-state index contributed by atoms with van der Waals surface area (Å²) in [6.07, 6.45) is 1.10. The highest BCUT2D eigenvalue weighted by molar-refractivity contribution is 5.66. The molecule has 0 aromatic heterocycles. The summed E-state index contributed by atoms with van der Waals surface area (Å²) in [5, 5.41) is 8.68. The summed E-state index contributed by atoms with van der Waals surface area (Å²) in [4.78, 5) is 12.7. The van der Waals surface area contributed by atoms with Crippen molar-refractivity contribution in [2.45, 2.75) is 33.6 Å². The first-order chi connectivity index (χ1) is 9.52. The van der Waals surface area contributed by atoms with Crippen LogP contribution in [0.2, 0.25) is 0 Å². The number of benzene rings is 1. The Bertz CT molecular complexity index is 432. The SMILES string of the molecule is CCN(CCCOc1cc(C)ccc1C)CCC(=O)O. The van der Waals surface area contributed by atoms with Crippen LogP contribution in [0.1, 0.15) is 30.9 Å². The van der Waals surface area contributed by atoms with Crippen LogP contribution in [-0.4, -0.2) is 42.2 Å². The van der Waals surface area contributed by atoms with Gasteiger partial charge < -0.3 is 14.7 Å². The molecule has 0 unspecified atom stereocenters. The molecule has 1 aromatic carbocycles. The Morgan fingerprint density at radius 3 is 2.70 bits per heavy atom. The number of rotatable bonds is 9. The van der Waals surface area contributed by atoms with Gasteiger partial charge in [0.2, 0.25) is 0 Å². The van der Waals surface area contributed by atoms with Gasteiger partial charge in [0.25, 0.3) is 0 Å². The Balaban J connectivity index is 2.29. The molecule has 4 heteroatoms. The van der Waals surface area contributed by atoms with Gasteiger partial charge in [0.05, 0.1) is 13.0 Å². The van der Waals surface area contributed by atoms with Gasteiger partial charge in [0, 0.05) is 13.1 Å². The zero-order valence-electron chi connectivity index (χ0n) is 12.7. The predicted molar refractivity (Wildman–Crippen MR) is 80.4 cm³/mol. The van der Waals surface area contributed by atoms with E-state index >= 15 is 0 Å². The molecule has 0 aliphatic heterocycles. The Kier molecular flexibility index (Phi) is 7.09. The first-order valence-electron chi connectivity index (χ1n) is 7.17. The normalized spacial score (nSPS) is 10.8. The van der Waals surface area contributed by atoms with Gasteiger partial charge in [-0.05, 0) is 44.0 Å². The monoisotopic (exact) mass is 279 g/mol. The van der Waals surface area contributed by atoms with Crippen molar-refractivity contribution in [2.75, 3.05) is 26.2 Å². The maximum Gasteiger partial charge on any atom is 0.304 e. The molecular weight excluding hydrogens is 254 g/mol. The van der Waals surface area contributed by atoms with Crippen molar-refractivity contribution in [3.05, 3.63) is 29.3 Å². The fourth-order valence-electron chi connectivity index (χ4n) is 2.01. The molecular formula is C16H25NO3. The van der Waals surface area contributed by atoms with Crippen LogP contribution in [0.5, 0.6) is 5.75 Å². The summed E-state index contributed by atoms with van der Waals surface area (Å²) in [5.41, 5.74) is 2.34. The van der Waals surface area contributed by atoms with Crippen molar-refractivity contribution in [2.24, 2.45) is 0 Å². The molecule has 0 bridgehead atoms. The maximum atomic E-state index is 10.6. The highest BCUT2D eigenvalue weighted by atomic mass is 16.5. The number of carboxylic acids is 1. The lowest BCUT2D eigenvalue weighted by Crippen LogP contribution is -2.28. The number of carboxylic acid groups (broad SMARTS) is 1. The molecule has 0 fully saturated rings. The topological polar surface area (TPSA) is 49.8 Å². The zero-order chi connectivity index (χ0) is 15.0. The second kappa shape index (κ2) is 8.59. The van der Waals surface area contributed by atoms with Gasteiger partial charge in [0.1, 0.15) is 5.75 Å². The van der Waals surface area contributed by atoms with Crippen molar-refractivity contribution in [3.63, 3.8) is 0 Å². The van der Waals surface area contributed by atoms with Crippen molar-refractivity contribution < 1.29 is 14.6 Å². The third-order valence-corrected chi connectivity index (χ3v) is 3.31. The van der Waals surface area contributed by atoms with E-state index in [0.717, 1.165) is 30.8 Å². The van der Waals surface area contributed by atoms with E-state index in [1.165, 1.54) is 5.56 Å². The lowest BCUT2D eigenvalue weighted by molar-refractivity contribution is -0.137. The standard InChI is InChI=1S/C16H25NO3/c1-4-17(10-8-16(18)19)9-5-11-20-15-12-13(2)6-7-14(15)3/h6-7,12H,4-5,8-11H2,1-3H3,(H,18,19). The summed E-state index contributed by atoms with van der Waals surface area (Å²) in [6.45, 7) is 9.15. The van der Waals surface area contributed by atoms with Crippen molar-refractivity contribution in [3.8, 4) is 5.75 Å².